The Morgan fingerprint density at radius 2 is 1.63 bits per heavy atom. The van der Waals surface area contributed by atoms with Crippen LogP contribution in [0.5, 0.6) is 0 Å². The molecular formula is C13H21N3O2S. The molecule has 0 atom stereocenters. The van der Waals surface area contributed by atoms with Gasteiger partial charge >= 0.3 is 10.2 Å². The van der Waals surface area contributed by atoms with E-state index in [1.165, 1.54) is 4.31 Å². The Morgan fingerprint density at radius 1 is 1.05 bits per heavy atom. The molecule has 0 spiro atoms. The quantitative estimate of drug-likeness (QED) is 0.882. The highest BCUT2D eigenvalue weighted by molar-refractivity contribution is 7.90. The average Bonchev–Trinajstić information content (AvgIpc) is 2.68. The van der Waals surface area contributed by atoms with Crippen molar-refractivity contribution in [3.05, 3.63) is 29.8 Å². The molecule has 1 aliphatic heterocycles. The van der Waals surface area contributed by atoms with E-state index >= 15 is 0 Å². The number of anilines is 1. The van der Waals surface area contributed by atoms with Crippen LogP contribution >= 0.6 is 0 Å². The van der Waals surface area contributed by atoms with Crippen molar-refractivity contribution in [2.24, 2.45) is 5.73 Å². The first kappa shape index (κ1) is 14.3. The fraction of sp³-hybridized carbons (Fsp3) is 0.538. The second-order valence-electron chi connectivity index (χ2n) is 4.82. The molecule has 1 saturated heterocycles. The first-order valence-corrected chi connectivity index (χ1v) is 8.13. The van der Waals surface area contributed by atoms with Gasteiger partial charge in [-0.1, -0.05) is 25.0 Å². The van der Waals surface area contributed by atoms with Crippen LogP contribution in [0.25, 0.3) is 0 Å². The molecule has 0 bridgehead atoms. The highest BCUT2D eigenvalue weighted by atomic mass is 32.2. The predicted molar refractivity (Wildman–Crippen MR) is 76.9 cm³/mol. The van der Waals surface area contributed by atoms with Gasteiger partial charge in [0.2, 0.25) is 0 Å². The molecule has 0 aromatic heterocycles. The maximum atomic E-state index is 12.3. The smallest absolute Gasteiger partial charge is 0.301 e. The largest absolute Gasteiger partial charge is 0.326 e. The Bertz CT molecular complexity index is 491. The van der Waals surface area contributed by atoms with Gasteiger partial charge in [0.25, 0.3) is 0 Å². The lowest BCUT2D eigenvalue weighted by Crippen LogP contribution is -2.36. The van der Waals surface area contributed by atoms with Gasteiger partial charge in [0.05, 0.1) is 0 Å². The predicted octanol–water partition coefficient (Wildman–Crippen LogP) is 1.68. The Balaban J connectivity index is 2.06. The van der Waals surface area contributed by atoms with Crippen molar-refractivity contribution in [2.75, 3.05) is 17.8 Å². The third-order valence-electron chi connectivity index (χ3n) is 3.34. The van der Waals surface area contributed by atoms with Gasteiger partial charge in [-0.2, -0.15) is 12.7 Å². The van der Waals surface area contributed by atoms with E-state index in [0.29, 0.717) is 25.3 Å². The summed E-state index contributed by atoms with van der Waals surface area (Å²) in [6.45, 7) is 1.67. The van der Waals surface area contributed by atoms with Gasteiger partial charge in [-0.25, -0.2) is 0 Å². The highest BCUT2D eigenvalue weighted by Gasteiger charge is 2.22. The molecule has 0 unspecified atom stereocenters. The van der Waals surface area contributed by atoms with Crippen LogP contribution in [-0.4, -0.2) is 25.8 Å². The molecule has 106 valence electrons. The second kappa shape index (κ2) is 6.36. The summed E-state index contributed by atoms with van der Waals surface area (Å²) in [6, 6.07) is 7.16. The maximum absolute atomic E-state index is 12.3. The Hall–Kier alpha value is -1.11. The molecule has 3 N–H and O–H groups in total. The summed E-state index contributed by atoms with van der Waals surface area (Å²) in [4.78, 5) is 0. The molecule has 1 aliphatic rings. The molecule has 0 saturated carbocycles. The summed E-state index contributed by atoms with van der Waals surface area (Å²) in [5.41, 5.74) is 7.08. The van der Waals surface area contributed by atoms with Crippen LogP contribution in [-0.2, 0) is 16.8 Å². The van der Waals surface area contributed by atoms with Crippen LogP contribution in [0.15, 0.2) is 24.3 Å². The average molecular weight is 283 g/mol. The van der Waals surface area contributed by atoms with Crippen LogP contribution in [0.4, 0.5) is 5.69 Å². The zero-order valence-electron chi connectivity index (χ0n) is 11.0. The molecule has 0 aliphatic carbocycles. The van der Waals surface area contributed by atoms with E-state index in [0.717, 1.165) is 31.2 Å². The van der Waals surface area contributed by atoms with Crippen molar-refractivity contribution in [1.29, 1.82) is 0 Å². The van der Waals surface area contributed by atoms with Crippen molar-refractivity contribution in [2.45, 2.75) is 32.2 Å². The lowest BCUT2D eigenvalue weighted by Gasteiger charge is -2.20. The standard InChI is InChI=1S/C13H21N3O2S/c14-11-12-5-7-13(8-6-12)15-19(17,18)16-9-3-1-2-4-10-16/h5-8,15H,1-4,9-11,14H2. The fourth-order valence-corrected chi connectivity index (χ4v) is 3.51. The van der Waals surface area contributed by atoms with Crippen molar-refractivity contribution >= 4 is 15.9 Å². The molecule has 1 aromatic rings. The molecule has 0 amide bonds. The summed E-state index contributed by atoms with van der Waals surface area (Å²) in [5.74, 6) is 0. The Morgan fingerprint density at radius 3 is 2.16 bits per heavy atom. The Kier molecular flexibility index (Phi) is 4.79. The Labute approximate surface area is 115 Å². The third kappa shape index (κ3) is 3.92. The van der Waals surface area contributed by atoms with Crippen LogP contribution in [0.2, 0.25) is 0 Å². The molecular weight excluding hydrogens is 262 g/mol. The number of benzene rings is 1. The zero-order valence-corrected chi connectivity index (χ0v) is 11.8. The van der Waals surface area contributed by atoms with Gasteiger partial charge in [-0.15, -0.1) is 0 Å². The van der Waals surface area contributed by atoms with Gasteiger partial charge in [0.1, 0.15) is 0 Å². The van der Waals surface area contributed by atoms with Gasteiger partial charge in [-0.05, 0) is 30.5 Å². The van der Waals surface area contributed by atoms with E-state index in [9.17, 15) is 8.42 Å². The number of nitrogens with one attached hydrogen (secondary N) is 1. The summed E-state index contributed by atoms with van der Waals surface area (Å²) in [7, 11) is -3.43. The van der Waals surface area contributed by atoms with E-state index in [4.69, 9.17) is 5.73 Å². The summed E-state index contributed by atoms with van der Waals surface area (Å²) < 4.78 is 28.7. The molecule has 19 heavy (non-hydrogen) atoms. The third-order valence-corrected chi connectivity index (χ3v) is 4.88. The molecule has 1 fully saturated rings. The maximum Gasteiger partial charge on any atom is 0.301 e. The van der Waals surface area contributed by atoms with E-state index in [2.05, 4.69) is 4.72 Å². The lowest BCUT2D eigenvalue weighted by atomic mass is 10.2. The van der Waals surface area contributed by atoms with Gasteiger partial charge < -0.3 is 5.73 Å². The molecule has 6 heteroatoms. The van der Waals surface area contributed by atoms with Gasteiger partial charge in [-0.3, -0.25) is 4.72 Å². The van der Waals surface area contributed by atoms with E-state index in [1.807, 2.05) is 12.1 Å². The minimum Gasteiger partial charge on any atom is -0.326 e. The van der Waals surface area contributed by atoms with Crippen LogP contribution in [0, 0.1) is 0 Å². The van der Waals surface area contributed by atoms with Crippen molar-refractivity contribution < 1.29 is 8.42 Å². The number of nitrogens with zero attached hydrogens (tertiary/aromatic N) is 1. The highest BCUT2D eigenvalue weighted by Crippen LogP contribution is 2.17. The first-order valence-electron chi connectivity index (χ1n) is 6.69. The van der Waals surface area contributed by atoms with E-state index in [1.54, 1.807) is 12.1 Å². The topological polar surface area (TPSA) is 75.4 Å². The summed E-state index contributed by atoms with van der Waals surface area (Å²) in [5, 5.41) is 0. The van der Waals surface area contributed by atoms with Crippen molar-refractivity contribution in [1.82, 2.24) is 4.31 Å². The molecule has 1 aromatic carbocycles. The molecule has 5 nitrogen and oxygen atoms in total. The normalized spacial score (nSPS) is 17.9. The zero-order chi connectivity index (χ0) is 13.7. The molecule has 0 radical (unpaired) electrons. The SMILES string of the molecule is NCc1ccc(NS(=O)(=O)N2CCCCCC2)cc1. The number of hydrogen-bond donors (Lipinski definition) is 2. The number of rotatable bonds is 4. The van der Waals surface area contributed by atoms with Gasteiger partial charge in [0, 0.05) is 25.3 Å². The van der Waals surface area contributed by atoms with Crippen molar-refractivity contribution in [3.63, 3.8) is 0 Å². The van der Waals surface area contributed by atoms with Crippen LogP contribution in [0.3, 0.4) is 0 Å². The molecule has 2 rings (SSSR count). The summed E-state index contributed by atoms with van der Waals surface area (Å²) >= 11 is 0. The van der Waals surface area contributed by atoms with Gasteiger partial charge in [0.15, 0.2) is 0 Å². The lowest BCUT2D eigenvalue weighted by molar-refractivity contribution is 0.427. The van der Waals surface area contributed by atoms with Crippen LogP contribution in [0.1, 0.15) is 31.2 Å². The monoisotopic (exact) mass is 283 g/mol. The number of nitrogens with two attached hydrogens (primary N) is 1. The molecule has 1 heterocycles. The van der Waals surface area contributed by atoms with E-state index < -0.39 is 10.2 Å². The van der Waals surface area contributed by atoms with Crippen LogP contribution < -0.4 is 10.5 Å². The van der Waals surface area contributed by atoms with E-state index in [-0.39, 0.29) is 0 Å². The number of hydrogen-bond acceptors (Lipinski definition) is 3. The van der Waals surface area contributed by atoms with Crippen molar-refractivity contribution in [3.8, 4) is 0 Å². The minimum atomic E-state index is -3.43. The minimum absolute atomic E-state index is 0.457. The fourth-order valence-electron chi connectivity index (χ4n) is 2.20. The summed E-state index contributed by atoms with van der Waals surface area (Å²) in [6.07, 6.45) is 4.09. The first-order chi connectivity index (χ1) is 9.12. The second-order valence-corrected chi connectivity index (χ2v) is 6.49.